The second-order valence-corrected chi connectivity index (χ2v) is 7.53. The molecule has 3 aromatic heterocycles. The molecule has 0 fully saturated rings. The third kappa shape index (κ3) is 4.49. The van der Waals surface area contributed by atoms with Gasteiger partial charge in [-0.3, -0.25) is 14.2 Å². The molecule has 0 saturated heterocycles. The second-order valence-electron chi connectivity index (χ2n) is 7.12. The number of nitrogens with zero attached hydrogens (tertiary/aromatic N) is 7. The van der Waals surface area contributed by atoms with Gasteiger partial charge in [-0.05, 0) is 31.2 Å². The number of nitriles is 1. The minimum absolute atomic E-state index is 0.173. The molecular weight excluding hydrogens is 416 g/mol. The summed E-state index contributed by atoms with van der Waals surface area (Å²) in [5, 5.41) is 25.3. The summed E-state index contributed by atoms with van der Waals surface area (Å²) in [6.45, 7) is 2.38. The van der Waals surface area contributed by atoms with E-state index in [2.05, 4.69) is 20.6 Å². The molecule has 0 spiro atoms. The molecule has 4 aromatic rings. The van der Waals surface area contributed by atoms with Crippen LogP contribution in [0.5, 0.6) is 0 Å². The number of carbonyl (C=O) groups is 1. The van der Waals surface area contributed by atoms with E-state index >= 15 is 0 Å². The van der Waals surface area contributed by atoms with Crippen LogP contribution >= 0.6 is 11.6 Å². The topological polar surface area (TPSA) is 106 Å². The molecule has 156 valence electrons. The fourth-order valence-corrected chi connectivity index (χ4v) is 3.34. The number of carbonyl (C=O) groups excluding carboxylic acids is 1. The zero-order chi connectivity index (χ0) is 22.0. The molecule has 10 heteroatoms. The van der Waals surface area contributed by atoms with Crippen molar-refractivity contribution < 1.29 is 4.79 Å². The number of aryl methyl sites for hydroxylation is 1. The first-order valence-corrected chi connectivity index (χ1v) is 9.90. The molecule has 3 heterocycles. The van der Waals surface area contributed by atoms with E-state index in [-0.39, 0.29) is 11.9 Å². The first-order chi connectivity index (χ1) is 14.9. The van der Waals surface area contributed by atoms with Crippen molar-refractivity contribution in [2.24, 2.45) is 7.05 Å². The molecule has 0 aliphatic carbocycles. The van der Waals surface area contributed by atoms with Crippen LogP contribution < -0.4 is 5.32 Å². The molecule has 0 aliphatic heterocycles. The second kappa shape index (κ2) is 8.45. The summed E-state index contributed by atoms with van der Waals surface area (Å²) in [5.74, 6) is -0.263. The van der Waals surface area contributed by atoms with E-state index in [9.17, 15) is 4.79 Å². The number of hydrogen-bond acceptors (Lipinski definition) is 5. The van der Waals surface area contributed by atoms with Crippen molar-refractivity contribution in [2.45, 2.75) is 19.5 Å². The average Bonchev–Trinajstić information content (AvgIpc) is 3.48. The van der Waals surface area contributed by atoms with Crippen molar-refractivity contribution in [3.63, 3.8) is 0 Å². The maximum absolute atomic E-state index is 12.5. The number of hydrogen-bond donors (Lipinski definition) is 1. The van der Waals surface area contributed by atoms with Crippen LogP contribution in [0, 0.1) is 11.3 Å². The molecule has 1 unspecified atom stereocenters. The molecule has 1 atom stereocenters. The van der Waals surface area contributed by atoms with Crippen molar-refractivity contribution in [3.8, 4) is 23.0 Å². The Morgan fingerprint density at radius 2 is 2.10 bits per heavy atom. The third-order valence-electron chi connectivity index (χ3n) is 4.64. The van der Waals surface area contributed by atoms with Gasteiger partial charge in [-0.15, -0.1) is 0 Å². The third-order valence-corrected chi connectivity index (χ3v) is 4.95. The summed E-state index contributed by atoms with van der Waals surface area (Å²) >= 11 is 6.11. The van der Waals surface area contributed by atoms with Crippen LogP contribution in [0.1, 0.15) is 23.0 Å². The lowest BCUT2D eigenvalue weighted by molar-refractivity contribution is 0.0930. The smallest absolute Gasteiger partial charge is 0.272 e. The van der Waals surface area contributed by atoms with Crippen molar-refractivity contribution in [1.82, 2.24) is 34.7 Å². The molecule has 4 rings (SSSR count). The average molecular weight is 435 g/mol. The van der Waals surface area contributed by atoms with Gasteiger partial charge in [-0.25, -0.2) is 4.68 Å². The number of rotatable bonds is 6. The number of benzene rings is 1. The number of nitrogens with one attached hydrogen (secondary N) is 1. The molecule has 31 heavy (non-hydrogen) atoms. The molecule has 0 saturated carbocycles. The van der Waals surface area contributed by atoms with Crippen LogP contribution in [-0.2, 0) is 13.6 Å². The van der Waals surface area contributed by atoms with Gasteiger partial charge in [0.15, 0.2) is 5.69 Å². The fraction of sp³-hybridized carbons (Fsp3) is 0.190. The highest BCUT2D eigenvalue weighted by Gasteiger charge is 2.15. The minimum atomic E-state index is -0.263. The van der Waals surface area contributed by atoms with Gasteiger partial charge in [0.05, 0.1) is 35.2 Å². The lowest BCUT2D eigenvalue weighted by Crippen LogP contribution is -2.36. The Bertz CT molecular complexity index is 1280. The molecule has 0 bridgehead atoms. The molecule has 1 amide bonds. The Morgan fingerprint density at radius 1 is 1.26 bits per heavy atom. The monoisotopic (exact) mass is 434 g/mol. The molecule has 1 N–H and O–H groups in total. The zero-order valence-corrected chi connectivity index (χ0v) is 17.7. The van der Waals surface area contributed by atoms with Gasteiger partial charge in [0.2, 0.25) is 0 Å². The number of aromatic nitrogens is 6. The highest BCUT2D eigenvalue weighted by Crippen LogP contribution is 2.24. The van der Waals surface area contributed by atoms with E-state index in [0.717, 1.165) is 16.9 Å². The summed E-state index contributed by atoms with van der Waals surface area (Å²) in [4.78, 5) is 12.5. The van der Waals surface area contributed by atoms with Crippen molar-refractivity contribution in [1.29, 1.82) is 5.26 Å². The highest BCUT2D eigenvalue weighted by molar-refractivity contribution is 6.32. The summed E-state index contributed by atoms with van der Waals surface area (Å²) in [6, 6.07) is 10.6. The predicted molar refractivity (Wildman–Crippen MR) is 115 cm³/mol. The summed E-state index contributed by atoms with van der Waals surface area (Å²) < 4.78 is 5.03. The Labute approximate surface area is 183 Å². The molecule has 0 aliphatic rings. The largest absolute Gasteiger partial charge is 0.346 e. The van der Waals surface area contributed by atoms with Crippen LogP contribution in [-0.4, -0.2) is 41.3 Å². The van der Waals surface area contributed by atoms with Gasteiger partial charge in [-0.1, -0.05) is 17.7 Å². The number of halogens is 1. The van der Waals surface area contributed by atoms with Crippen LogP contribution in [0.25, 0.3) is 16.9 Å². The van der Waals surface area contributed by atoms with E-state index in [4.69, 9.17) is 16.9 Å². The maximum Gasteiger partial charge on any atom is 0.272 e. The summed E-state index contributed by atoms with van der Waals surface area (Å²) in [5.41, 5.74) is 3.08. The Balaban J connectivity index is 1.39. The van der Waals surface area contributed by atoms with Crippen LogP contribution in [0.15, 0.2) is 55.1 Å². The van der Waals surface area contributed by atoms with E-state index in [1.165, 1.54) is 0 Å². The van der Waals surface area contributed by atoms with Gasteiger partial charge in [0.1, 0.15) is 11.8 Å². The van der Waals surface area contributed by atoms with Crippen LogP contribution in [0.4, 0.5) is 0 Å². The van der Waals surface area contributed by atoms with E-state index in [0.29, 0.717) is 22.8 Å². The van der Waals surface area contributed by atoms with Gasteiger partial charge >= 0.3 is 0 Å². The Kier molecular flexibility index (Phi) is 5.56. The predicted octanol–water partition coefficient (Wildman–Crippen LogP) is 2.81. The Morgan fingerprint density at radius 3 is 2.81 bits per heavy atom. The number of amides is 1. The normalized spacial score (nSPS) is 11.8. The fourth-order valence-electron chi connectivity index (χ4n) is 3.12. The molecule has 1 aromatic carbocycles. The van der Waals surface area contributed by atoms with Gasteiger partial charge in [0, 0.05) is 31.0 Å². The van der Waals surface area contributed by atoms with Gasteiger partial charge < -0.3 is 5.32 Å². The summed E-state index contributed by atoms with van der Waals surface area (Å²) in [6.07, 6.45) is 7.04. The van der Waals surface area contributed by atoms with Crippen molar-refractivity contribution in [2.75, 3.05) is 0 Å². The lowest BCUT2D eigenvalue weighted by Gasteiger charge is -2.13. The van der Waals surface area contributed by atoms with Crippen molar-refractivity contribution in [3.05, 3.63) is 71.4 Å². The standard InChI is InChI=1S/C21H19ClN8O/c1-14(25-21(31)20-6-8-30(27-20)17-11-24-28(2)13-17)12-29-7-5-19(26-29)15-3-4-16(10-23)18(22)9-15/h3-9,11,13-14H,12H2,1-2H3,(H,25,31). The van der Waals surface area contributed by atoms with Crippen LogP contribution in [0.2, 0.25) is 5.02 Å². The summed E-state index contributed by atoms with van der Waals surface area (Å²) in [7, 11) is 1.82. The zero-order valence-electron chi connectivity index (χ0n) is 16.9. The first-order valence-electron chi connectivity index (χ1n) is 9.52. The van der Waals surface area contributed by atoms with Gasteiger partial charge in [0.25, 0.3) is 5.91 Å². The molecule has 9 nitrogen and oxygen atoms in total. The SMILES string of the molecule is CC(Cn1ccc(-c2ccc(C#N)c(Cl)c2)n1)NC(=O)c1ccn(-c2cnn(C)c2)n1. The first kappa shape index (κ1) is 20.4. The Hall–Kier alpha value is -3.90. The molecular formula is C21H19ClN8O. The van der Waals surface area contributed by atoms with Crippen molar-refractivity contribution >= 4 is 17.5 Å². The van der Waals surface area contributed by atoms with E-state index < -0.39 is 0 Å². The molecule has 0 radical (unpaired) electrons. The van der Waals surface area contributed by atoms with E-state index in [1.807, 2.05) is 38.5 Å². The van der Waals surface area contributed by atoms with E-state index in [1.54, 1.807) is 50.7 Å². The highest BCUT2D eigenvalue weighted by atomic mass is 35.5. The van der Waals surface area contributed by atoms with Crippen LogP contribution in [0.3, 0.4) is 0 Å². The minimum Gasteiger partial charge on any atom is -0.346 e. The van der Waals surface area contributed by atoms with Gasteiger partial charge in [-0.2, -0.15) is 20.6 Å². The lowest BCUT2D eigenvalue weighted by atomic mass is 10.1. The quantitative estimate of drug-likeness (QED) is 0.502. The maximum atomic E-state index is 12.5.